The molecule has 21 heavy (non-hydrogen) atoms. The Bertz CT molecular complexity index is 586. The van der Waals surface area contributed by atoms with Crippen molar-refractivity contribution in [3.63, 3.8) is 0 Å². The van der Waals surface area contributed by atoms with Crippen LogP contribution in [0.25, 0.3) is 0 Å². The molecule has 0 saturated heterocycles. The Hall–Kier alpha value is -1.95. The minimum Gasteiger partial charge on any atom is -0.480 e. The van der Waals surface area contributed by atoms with Gasteiger partial charge in [0.1, 0.15) is 0 Å². The molecule has 0 aliphatic rings. The molecule has 0 fully saturated rings. The van der Waals surface area contributed by atoms with E-state index in [4.69, 9.17) is 14.9 Å². The molecule has 2 N–H and O–H groups in total. The monoisotopic (exact) mass is 293 g/mol. The molecule has 1 atom stereocenters. The predicted octanol–water partition coefficient (Wildman–Crippen LogP) is 2.63. The van der Waals surface area contributed by atoms with Crippen molar-refractivity contribution in [1.82, 2.24) is 10.2 Å². The standard InChI is InChI=1S/C15H20FN3O2/c1-3-11(17)8-10-6-5-7-12(16)15(10)20-9-14-19-18-13(4-2)21-14/h5-7,11H,3-4,8-9,17H2,1-2H3. The highest BCUT2D eigenvalue weighted by atomic mass is 19.1. The molecule has 2 aromatic rings. The van der Waals surface area contributed by atoms with Gasteiger partial charge in [-0.1, -0.05) is 26.0 Å². The zero-order valence-corrected chi connectivity index (χ0v) is 12.3. The van der Waals surface area contributed by atoms with Crippen molar-refractivity contribution in [2.45, 2.75) is 45.8 Å². The van der Waals surface area contributed by atoms with Crippen LogP contribution in [-0.4, -0.2) is 16.2 Å². The lowest BCUT2D eigenvalue weighted by molar-refractivity contribution is 0.246. The Labute approximate surface area is 123 Å². The fourth-order valence-electron chi connectivity index (χ4n) is 1.93. The molecular formula is C15H20FN3O2. The van der Waals surface area contributed by atoms with Gasteiger partial charge >= 0.3 is 0 Å². The molecule has 6 heteroatoms. The van der Waals surface area contributed by atoms with E-state index in [9.17, 15) is 4.39 Å². The zero-order chi connectivity index (χ0) is 15.2. The molecule has 0 amide bonds. The van der Waals surface area contributed by atoms with E-state index < -0.39 is 5.82 Å². The predicted molar refractivity (Wildman–Crippen MR) is 76.4 cm³/mol. The van der Waals surface area contributed by atoms with Gasteiger partial charge in [-0.25, -0.2) is 4.39 Å². The molecule has 5 nitrogen and oxygen atoms in total. The van der Waals surface area contributed by atoms with E-state index >= 15 is 0 Å². The normalized spacial score (nSPS) is 12.4. The number of nitrogens with two attached hydrogens (primary N) is 1. The molecule has 1 aromatic carbocycles. The molecule has 1 heterocycles. The van der Waals surface area contributed by atoms with Crippen LogP contribution in [0.5, 0.6) is 5.75 Å². The van der Waals surface area contributed by atoms with Crippen LogP contribution in [0, 0.1) is 5.82 Å². The van der Waals surface area contributed by atoms with Gasteiger partial charge in [0.05, 0.1) is 0 Å². The second kappa shape index (κ2) is 7.17. The number of nitrogens with zero attached hydrogens (tertiary/aromatic N) is 2. The van der Waals surface area contributed by atoms with Crippen LogP contribution in [0.3, 0.4) is 0 Å². The number of hydrogen-bond donors (Lipinski definition) is 1. The second-order valence-corrected chi connectivity index (χ2v) is 4.83. The van der Waals surface area contributed by atoms with Crippen LogP contribution >= 0.6 is 0 Å². The Morgan fingerprint density at radius 2 is 2.05 bits per heavy atom. The van der Waals surface area contributed by atoms with Gasteiger partial charge in [0.15, 0.2) is 18.2 Å². The van der Waals surface area contributed by atoms with Gasteiger partial charge in [-0.3, -0.25) is 0 Å². The van der Waals surface area contributed by atoms with Crippen molar-refractivity contribution in [3.8, 4) is 5.75 Å². The lowest BCUT2D eigenvalue weighted by Crippen LogP contribution is -2.22. The minimum atomic E-state index is -0.411. The van der Waals surface area contributed by atoms with E-state index in [2.05, 4.69) is 10.2 Å². The van der Waals surface area contributed by atoms with Crippen molar-refractivity contribution in [2.75, 3.05) is 0 Å². The first-order valence-electron chi connectivity index (χ1n) is 7.11. The summed E-state index contributed by atoms with van der Waals surface area (Å²) in [6, 6.07) is 4.81. The van der Waals surface area contributed by atoms with Gasteiger partial charge in [0.25, 0.3) is 5.89 Å². The molecule has 0 saturated carbocycles. The SMILES string of the molecule is CCc1nnc(COc2c(F)cccc2CC(N)CC)o1. The summed E-state index contributed by atoms with van der Waals surface area (Å²) in [6.45, 7) is 3.96. The second-order valence-electron chi connectivity index (χ2n) is 4.83. The average molecular weight is 293 g/mol. The van der Waals surface area contributed by atoms with E-state index in [0.717, 1.165) is 12.0 Å². The summed E-state index contributed by atoms with van der Waals surface area (Å²) in [7, 11) is 0. The highest BCUT2D eigenvalue weighted by Gasteiger charge is 2.14. The lowest BCUT2D eigenvalue weighted by atomic mass is 10.0. The Balaban J connectivity index is 2.10. The van der Waals surface area contributed by atoms with E-state index in [0.29, 0.717) is 24.6 Å². The van der Waals surface area contributed by atoms with Crippen LogP contribution in [0.15, 0.2) is 22.6 Å². The van der Waals surface area contributed by atoms with Crippen molar-refractivity contribution in [1.29, 1.82) is 0 Å². The highest BCUT2D eigenvalue weighted by Crippen LogP contribution is 2.25. The van der Waals surface area contributed by atoms with E-state index in [1.807, 2.05) is 19.9 Å². The number of aromatic nitrogens is 2. The zero-order valence-electron chi connectivity index (χ0n) is 12.3. The summed E-state index contributed by atoms with van der Waals surface area (Å²) < 4.78 is 24.8. The first-order chi connectivity index (χ1) is 10.1. The maximum atomic E-state index is 13.9. The molecule has 1 aromatic heterocycles. The van der Waals surface area contributed by atoms with Gasteiger partial charge in [0.2, 0.25) is 5.89 Å². The molecule has 2 rings (SSSR count). The third kappa shape index (κ3) is 4.01. The molecule has 0 bridgehead atoms. The molecule has 0 aliphatic carbocycles. The maximum Gasteiger partial charge on any atom is 0.253 e. The topological polar surface area (TPSA) is 74.2 Å². The third-order valence-electron chi connectivity index (χ3n) is 3.21. The maximum absolute atomic E-state index is 13.9. The Morgan fingerprint density at radius 3 is 2.71 bits per heavy atom. The minimum absolute atomic E-state index is 0.0238. The van der Waals surface area contributed by atoms with Gasteiger partial charge in [-0.05, 0) is 24.5 Å². The number of aryl methyl sites for hydroxylation is 1. The number of ether oxygens (including phenoxy) is 1. The first-order valence-corrected chi connectivity index (χ1v) is 7.11. The number of hydrogen-bond acceptors (Lipinski definition) is 5. The van der Waals surface area contributed by atoms with Crippen LogP contribution < -0.4 is 10.5 Å². The highest BCUT2D eigenvalue weighted by molar-refractivity contribution is 5.35. The van der Waals surface area contributed by atoms with Crippen molar-refractivity contribution in [2.24, 2.45) is 5.73 Å². The van der Waals surface area contributed by atoms with Crippen LogP contribution in [0.2, 0.25) is 0 Å². The molecule has 1 unspecified atom stereocenters. The summed E-state index contributed by atoms with van der Waals surface area (Å²) in [4.78, 5) is 0. The first kappa shape index (κ1) is 15.4. The van der Waals surface area contributed by atoms with Crippen LogP contribution in [0.4, 0.5) is 4.39 Å². The van der Waals surface area contributed by atoms with Crippen LogP contribution in [0.1, 0.15) is 37.6 Å². The molecule has 0 spiro atoms. The number of halogens is 1. The summed E-state index contributed by atoms with van der Waals surface area (Å²) in [5.74, 6) is 0.667. The molecule has 114 valence electrons. The van der Waals surface area contributed by atoms with Crippen LogP contribution in [-0.2, 0) is 19.4 Å². The summed E-state index contributed by atoms with van der Waals surface area (Å²) in [5, 5.41) is 7.69. The lowest BCUT2D eigenvalue weighted by Gasteiger charge is -2.14. The smallest absolute Gasteiger partial charge is 0.253 e. The number of benzene rings is 1. The third-order valence-corrected chi connectivity index (χ3v) is 3.21. The fourth-order valence-corrected chi connectivity index (χ4v) is 1.93. The van der Waals surface area contributed by atoms with Gasteiger partial charge in [0, 0.05) is 12.5 Å². The van der Waals surface area contributed by atoms with Gasteiger partial charge in [-0.15, -0.1) is 10.2 Å². The fraction of sp³-hybridized carbons (Fsp3) is 0.467. The van der Waals surface area contributed by atoms with Crippen molar-refractivity contribution < 1.29 is 13.5 Å². The quantitative estimate of drug-likeness (QED) is 0.849. The number of para-hydroxylation sites is 1. The van der Waals surface area contributed by atoms with E-state index in [1.165, 1.54) is 6.07 Å². The van der Waals surface area contributed by atoms with Crippen molar-refractivity contribution >= 4 is 0 Å². The largest absolute Gasteiger partial charge is 0.480 e. The summed E-state index contributed by atoms with van der Waals surface area (Å²) >= 11 is 0. The summed E-state index contributed by atoms with van der Waals surface area (Å²) in [5.41, 5.74) is 6.68. The Morgan fingerprint density at radius 1 is 1.29 bits per heavy atom. The molecular weight excluding hydrogens is 273 g/mol. The molecule has 0 aliphatic heterocycles. The van der Waals surface area contributed by atoms with Gasteiger partial charge in [-0.2, -0.15) is 0 Å². The average Bonchev–Trinajstić information content (AvgIpc) is 2.94. The van der Waals surface area contributed by atoms with E-state index in [-0.39, 0.29) is 18.4 Å². The van der Waals surface area contributed by atoms with E-state index in [1.54, 1.807) is 6.07 Å². The number of rotatable bonds is 7. The van der Waals surface area contributed by atoms with Gasteiger partial charge < -0.3 is 14.9 Å². The van der Waals surface area contributed by atoms with Crippen molar-refractivity contribution in [3.05, 3.63) is 41.4 Å². The Kier molecular flexibility index (Phi) is 5.27. The summed E-state index contributed by atoms with van der Waals surface area (Å²) in [6.07, 6.45) is 2.04. The molecule has 0 radical (unpaired) electrons.